The van der Waals surface area contributed by atoms with Crippen LogP contribution in [0.2, 0.25) is 0 Å². The Morgan fingerprint density at radius 2 is 2.14 bits per heavy atom. The molecule has 0 aromatic heterocycles. The lowest BCUT2D eigenvalue weighted by molar-refractivity contribution is -0.133. The third kappa shape index (κ3) is 4.19. The Hall–Kier alpha value is -0.420. The largest absolute Gasteiger partial charge is 0.469 e. The third-order valence-electron chi connectivity index (χ3n) is 2.04. The molecule has 2 N–H and O–H groups in total. The number of hydrogen-bond donors (Lipinski definition) is 2. The van der Waals surface area contributed by atoms with Gasteiger partial charge in [0.1, 0.15) is 0 Å². The predicted molar refractivity (Wildman–Crippen MR) is 48.4 cm³/mol. The average Bonchev–Trinajstić information content (AvgIpc) is 2.06. The number of likely N-dealkylation sites (tertiary alicyclic amines) is 1. The van der Waals surface area contributed by atoms with Gasteiger partial charge in [0.2, 0.25) is 5.91 Å². The lowest BCUT2D eigenvalue weighted by atomic mass is 10.1. The van der Waals surface area contributed by atoms with Gasteiger partial charge >= 0.3 is 7.82 Å². The summed E-state index contributed by atoms with van der Waals surface area (Å²) in [5.74, 6) is 0.0329. The molecular weight excluding hydrogens is 209 g/mol. The molecule has 14 heavy (non-hydrogen) atoms. The van der Waals surface area contributed by atoms with Gasteiger partial charge in [-0.05, 0) is 12.8 Å². The van der Waals surface area contributed by atoms with E-state index in [0.29, 0.717) is 13.0 Å². The van der Waals surface area contributed by atoms with Crippen molar-refractivity contribution in [3.8, 4) is 0 Å². The second-order valence-corrected chi connectivity index (χ2v) is 4.40. The van der Waals surface area contributed by atoms with Crippen molar-refractivity contribution in [2.75, 3.05) is 19.7 Å². The van der Waals surface area contributed by atoms with E-state index in [0.717, 1.165) is 12.8 Å². The number of carbonyl (C=O) groups excluding carboxylic acids is 1. The number of carbonyl (C=O) groups is 1. The van der Waals surface area contributed by atoms with Crippen LogP contribution in [0.25, 0.3) is 0 Å². The van der Waals surface area contributed by atoms with Gasteiger partial charge in [0.15, 0.2) is 0 Å². The minimum Gasteiger partial charge on any atom is -0.340 e. The summed E-state index contributed by atoms with van der Waals surface area (Å²) in [7, 11) is -4.39. The molecule has 1 rings (SSSR count). The summed E-state index contributed by atoms with van der Waals surface area (Å²) < 4.78 is 14.6. The van der Waals surface area contributed by atoms with Crippen molar-refractivity contribution in [3.63, 3.8) is 0 Å². The van der Waals surface area contributed by atoms with E-state index in [1.54, 1.807) is 4.90 Å². The van der Waals surface area contributed by atoms with E-state index in [1.165, 1.54) is 0 Å². The van der Waals surface area contributed by atoms with Gasteiger partial charge in [0, 0.05) is 19.5 Å². The molecule has 1 heterocycles. The van der Waals surface area contributed by atoms with E-state index in [4.69, 9.17) is 9.79 Å². The van der Waals surface area contributed by atoms with Crippen molar-refractivity contribution in [3.05, 3.63) is 0 Å². The number of nitrogens with zero attached hydrogens (tertiary/aromatic N) is 1. The topological polar surface area (TPSA) is 87.1 Å². The predicted octanol–water partition coefficient (Wildman–Crippen LogP) is 0.108. The molecule has 0 radical (unpaired) electrons. The number of hydrogen-bond acceptors (Lipinski definition) is 3. The zero-order chi connectivity index (χ0) is 10.6. The van der Waals surface area contributed by atoms with Crippen LogP contribution in [-0.4, -0.2) is 40.3 Å². The number of piperidine rings is 1. The van der Waals surface area contributed by atoms with Crippen LogP contribution in [0.3, 0.4) is 0 Å². The first kappa shape index (κ1) is 11.7. The van der Waals surface area contributed by atoms with E-state index >= 15 is 0 Å². The quantitative estimate of drug-likeness (QED) is 0.660. The fourth-order valence-electron chi connectivity index (χ4n) is 1.37. The van der Waals surface area contributed by atoms with Crippen LogP contribution in [0, 0.1) is 0 Å². The molecule has 0 atom stereocenters. The second kappa shape index (κ2) is 4.89. The molecule has 82 valence electrons. The smallest absolute Gasteiger partial charge is 0.340 e. The Labute approximate surface area is 82.1 Å². The molecule has 0 aromatic rings. The lowest BCUT2D eigenvalue weighted by Gasteiger charge is -2.26. The van der Waals surface area contributed by atoms with Gasteiger partial charge in [-0.3, -0.25) is 9.32 Å². The van der Waals surface area contributed by atoms with Gasteiger partial charge in [-0.15, -0.1) is 0 Å². The summed E-state index contributed by atoms with van der Waals surface area (Å²) in [5, 5.41) is 0. The maximum Gasteiger partial charge on any atom is 0.469 e. The normalized spacial score (nSPS) is 18.7. The van der Waals surface area contributed by atoms with Crippen LogP contribution in [0.15, 0.2) is 0 Å². The van der Waals surface area contributed by atoms with Crippen molar-refractivity contribution in [2.24, 2.45) is 0 Å². The Bertz CT molecular complexity index is 250. The minimum absolute atomic E-state index is 0.0329. The second-order valence-electron chi connectivity index (χ2n) is 3.16. The zero-order valence-electron chi connectivity index (χ0n) is 7.76. The summed E-state index contributed by atoms with van der Waals surface area (Å²) in [5.41, 5.74) is 0. The van der Waals surface area contributed by atoms with Crippen LogP contribution in [0.1, 0.15) is 19.3 Å². The average molecular weight is 223 g/mol. The first-order valence-corrected chi connectivity index (χ1v) is 6.00. The molecule has 0 spiro atoms. The van der Waals surface area contributed by atoms with Crippen LogP contribution < -0.4 is 0 Å². The summed E-state index contributed by atoms with van der Waals surface area (Å²) in [6.45, 7) is 0.795. The fraction of sp³-hybridized carbons (Fsp3) is 0.857. The Morgan fingerprint density at radius 1 is 1.43 bits per heavy atom. The van der Waals surface area contributed by atoms with Gasteiger partial charge in [-0.25, -0.2) is 4.57 Å². The number of rotatable bonds is 4. The van der Waals surface area contributed by atoms with Crippen molar-refractivity contribution in [1.29, 1.82) is 0 Å². The Balaban J connectivity index is 2.23. The highest BCUT2D eigenvalue weighted by Gasteiger charge is 2.19. The highest BCUT2D eigenvalue weighted by atomic mass is 31.2. The Morgan fingerprint density at radius 3 is 2.71 bits per heavy atom. The van der Waals surface area contributed by atoms with E-state index in [9.17, 15) is 9.36 Å². The minimum atomic E-state index is -4.39. The maximum absolute atomic E-state index is 11.2. The summed E-state index contributed by atoms with van der Waals surface area (Å²) in [4.78, 5) is 29.6. The molecule has 1 amide bonds. The molecule has 0 aliphatic carbocycles. The number of phosphoric ester groups is 1. The molecule has 0 bridgehead atoms. The summed E-state index contributed by atoms with van der Waals surface area (Å²) in [6, 6.07) is 0. The van der Waals surface area contributed by atoms with E-state index in [-0.39, 0.29) is 19.1 Å². The molecule has 7 heteroatoms. The van der Waals surface area contributed by atoms with E-state index < -0.39 is 7.82 Å². The SMILES string of the molecule is O=C1CCCCN1CCOP(=O)(O)O. The van der Waals surface area contributed by atoms with Crippen LogP contribution in [0.4, 0.5) is 0 Å². The molecule has 1 aliphatic rings. The van der Waals surface area contributed by atoms with Crippen LogP contribution >= 0.6 is 7.82 Å². The van der Waals surface area contributed by atoms with Gasteiger partial charge in [0.05, 0.1) is 6.61 Å². The van der Waals surface area contributed by atoms with Crippen molar-refractivity contribution in [1.82, 2.24) is 4.90 Å². The molecule has 0 unspecified atom stereocenters. The van der Waals surface area contributed by atoms with Crippen molar-refractivity contribution >= 4 is 13.7 Å². The standard InChI is InChI=1S/C7H14NO5P/c9-7-3-1-2-4-8(7)5-6-13-14(10,11)12/h1-6H2,(H2,10,11,12). The number of amides is 1. The zero-order valence-corrected chi connectivity index (χ0v) is 8.65. The monoisotopic (exact) mass is 223 g/mol. The molecule has 0 aromatic carbocycles. The highest BCUT2D eigenvalue weighted by molar-refractivity contribution is 7.46. The van der Waals surface area contributed by atoms with Gasteiger partial charge in [-0.1, -0.05) is 0 Å². The fourth-order valence-corrected chi connectivity index (χ4v) is 1.69. The first-order valence-electron chi connectivity index (χ1n) is 4.47. The van der Waals surface area contributed by atoms with Crippen LogP contribution in [0.5, 0.6) is 0 Å². The molecule has 1 saturated heterocycles. The van der Waals surface area contributed by atoms with Gasteiger partial charge in [-0.2, -0.15) is 0 Å². The lowest BCUT2D eigenvalue weighted by Crippen LogP contribution is -2.37. The molecule has 0 saturated carbocycles. The highest BCUT2D eigenvalue weighted by Crippen LogP contribution is 2.35. The number of phosphoric acid groups is 1. The third-order valence-corrected chi connectivity index (χ3v) is 2.56. The van der Waals surface area contributed by atoms with Gasteiger partial charge < -0.3 is 14.7 Å². The first-order chi connectivity index (χ1) is 6.49. The molecule has 1 fully saturated rings. The summed E-state index contributed by atoms with van der Waals surface area (Å²) >= 11 is 0. The molecule has 1 aliphatic heterocycles. The molecule has 6 nitrogen and oxygen atoms in total. The summed E-state index contributed by atoms with van der Waals surface area (Å²) in [6.07, 6.45) is 2.37. The molecular formula is C7H14NO5P. The van der Waals surface area contributed by atoms with E-state index in [1.807, 2.05) is 0 Å². The van der Waals surface area contributed by atoms with Crippen molar-refractivity contribution in [2.45, 2.75) is 19.3 Å². The van der Waals surface area contributed by atoms with Crippen LogP contribution in [-0.2, 0) is 13.9 Å². The Kier molecular flexibility index (Phi) is 4.07. The van der Waals surface area contributed by atoms with Gasteiger partial charge in [0.25, 0.3) is 0 Å². The van der Waals surface area contributed by atoms with E-state index in [2.05, 4.69) is 4.52 Å². The maximum atomic E-state index is 11.2. The van der Waals surface area contributed by atoms with Crippen molar-refractivity contribution < 1.29 is 23.7 Å².